The number of carbonyl (C=O) groups is 1. The van der Waals surface area contributed by atoms with Gasteiger partial charge in [-0.1, -0.05) is 32.0 Å². The van der Waals surface area contributed by atoms with Crippen LogP contribution in [-0.2, 0) is 19.7 Å². The maximum absolute atomic E-state index is 12.8. The summed E-state index contributed by atoms with van der Waals surface area (Å²) in [4.78, 5) is 12.5. The van der Waals surface area contributed by atoms with Crippen LogP contribution < -0.4 is 5.32 Å². The third-order valence-electron chi connectivity index (χ3n) is 4.89. The summed E-state index contributed by atoms with van der Waals surface area (Å²) in [6, 6.07) is 13.2. The number of carbonyl (C=O) groups excluding carboxylic acids is 1. The minimum absolute atomic E-state index is 0.0302. The first-order valence-electron chi connectivity index (χ1n) is 9.04. The van der Waals surface area contributed by atoms with Crippen LogP contribution in [0.4, 0.5) is 5.69 Å². The van der Waals surface area contributed by atoms with Gasteiger partial charge in [0, 0.05) is 11.3 Å². The average molecular weight is 422 g/mol. The summed E-state index contributed by atoms with van der Waals surface area (Å²) in [5.41, 5.74) is 1.97. The number of amides is 1. The summed E-state index contributed by atoms with van der Waals surface area (Å²) in [7, 11) is -7.13. The van der Waals surface area contributed by atoms with Crippen LogP contribution in [0, 0.1) is 0 Å². The molecule has 2 aromatic rings. The minimum Gasteiger partial charge on any atom is -0.322 e. The average Bonchev–Trinajstić information content (AvgIpc) is 3.03. The molecule has 1 atom stereocenters. The molecule has 0 aliphatic carbocycles. The van der Waals surface area contributed by atoms with E-state index in [0.29, 0.717) is 11.6 Å². The monoisotopic (exact) mass is 421 g/mol. The van der Waals surface area contributed by atoms with Crippen LogP contribution in [-0.4, -0.2) is 39.5 Å². The highest BCUT2D eigenvalue weighted by Crippen LogP contribution is 2.26. The van der Waals surface area contributed by atoms with Gasteiger partial charge in [0.1, 0.15) is 0 Å². The lowest BCUT2D eigenvalue weighted by atomic mass is 10.0. The lowest BCUT2D eigenvalue weighted by Crippen LogP contribution is -2.23. The molecule has 1 fully saturated rings. The first-order chi connectivity index (χ1) is 13.1. The van der Waals surface area contributed by atoms with E-state index < -0.39 is 30.8 Å². The van der Waals surface area contributed by atoms with Crippen molar-refractivity contribution < 1.29 is 21.6 Å². The second kappa shape index (κ2) is 7.67. The molecule has 2 aromatic carbocycles. The van der Waals surface area contributed by atoms with E-state index in [0.717, 1.165) is 5.56 Å². The van der Waals surface area contributed by atoms with Crippen LogP contribution in [0.2, 0.25) is 0 Å². The maximum atomic E-state index is 12.8. The largest absolute Gasteiger partial charge is 0.322 e. The van der Waals surface area contributed by atoms with Crippen LogP contribution in [0.5, 0.6) is 0 Å². The van der Waals surface area contributed by atoms with Gasteiger partial charge >= 0.3 is 0 Å². The molecule has 1 saturated heterocycles. The fourth-order valence-corrected chi connectivity index (χ4v) is 7.57. The molecule has 3 rings (SSSR count). The topological polar surface area (TPSA) is 97.4 Å². The quantitative estimate of drug-likeness (QED) is 0.800. The zero-order valence-corrected chi connectivity index (χ0v) is 17.4. The van der Waals surface area contributed by atoms with E-state index in [9.17, 15) is 21.6 Å². The van der Waals surface area contributed by atoms with E-state index in [2.05, 4.69) is 19.2 Å². The van der Waals surface area contributed by atoms with Gasteiger partial charge in [0.2, 0.25) is 0 Å². The van der Waals surface area contributed by atoms with E-state index in [-0.39, 0.29) is 28.4 Å². The Morgan fingerprint density at radius 3 is 2.36 bits per heavy atom. The van der Waals surface area contributed by atoms with Crippen molar-refractivity contribution in [1.29, 1.82) is 0 Å². The fraction of sp³-hybridized carbons (Fsp3) is 0.350. The van der Waals surface area contributed by atoms with Crippen molar-refractivity contribution in [3.63, 3.8) is 0 Å². The van der Waals surface area contributed by atoms with Crippen LogP contribution in [0.1, 0.15) is 42.1 Å². The van der Waals surface area contributed by atoms with Gasteiger partial charge in [0.15, 0.2) is 19.7 Å². The second-order valence-corrected chi connectivity index (χ2v) is 11.8. The molecular weight excluding hydrogens is 398 g/mol. The van der Waals surface area contributed by atoms with Crippen LogP contribution in [0.25, 0.3) is 0 Å². The Morgan fingerprint density at radius 2 is 1.79 bits per heavy atom. The lowest BCUT2D eigenvalue weighted by molar-refractivity contribution is 0.102. The summed E-state index contributed by atoms with van der Waals surface area (Å²) in [5, 5.41) is 1.80. The van der Waals surface area contributed by atoms with Gasteiger partial charge in [0.05, 0.1) is 21.7 Å². The SMILES string of the molecule is CC(C)c1ccc(NC(=O)c2cccc(S(=O)(=O)[C@H]3CCS(=O)(=O)C3)c2)cc1. The van der Waals surface area contributed by atoms with Crippen LogP contribution >= 0.6 is 0 Å². The molecule has 0 radical (unpaired) electrons. The molecule has 0 saturated carbocycles. The number of hydrogen-bond acceptors (Lipinski definition) is 5. The van der Waals surface area contributed by atoms with Gasteiger partial charge in [-0.15, -0.1) is 0 Å². The first kappa shape index (κ1) is 20.5. The summed E-state index contributed by atoms with van der Waals surface area (Å²) in [5.74, 6) is -0.531. The molecule has 1 N–H and O–H groups in total. The highest BCUT2D eigenvalue weighted by atomic mass is 32.2. The Balaban J connectivity index is 1.80. The normalized spacial score (nSPS) is 18.9. The molecule has 1 amide bonds. The van der Waals surface area contributed by atoms with Crippen molar-refractivity contribution in [2.24, 2.45) is 0 Å². The standard InChI is InChI=1S/C20H23NO5S2/c1-14(2)15-6-8-17(9-7-15)21-20(22)16-4-3-5-18(12-16)28(25,26)19-10-11-27(23,24)13-19/h3-9,12,14,19H,10-11,13H2,1-2H3,(H,21,22)/t19-/m0/s1. The predicted octanol–water partition coefficient (Wildman–Crippen LogP) is 3.02. The maximum Gasteiger partial charge on any atom is 0.255 e. The molecule has 0 aromatic heterocycles. The highest BCUT2D eigenvalue weighted by Gasteiger charge is 2.38. The fourth-order valence-electron chi connectivity index (χ4n) is 3.17. The number of anilines is 1. The molecular formula is C20H23NO5S2. The van der Waals surface area contributed by atoms with E-state index >= 15 is 0 Å². The molecule has 0 spiro atoms. The molecule has 0 bridgehead atoms. The number of hydrogen-bond donors (Lipinski definition) is 1. The number of benzene rings is 2. The molecule has 6 nitrogen and oxygen atoms in total. The van der Waals surface area contributed by atoms with Crippen molar-refractivity contribution in [2.45, 2.75) is 36.3 Å². The second-order valence-electron chi connectivity index (χ2n) is 7.33. The van der Waals surface area contributed by atoms with Gasteiger partial charge in [-0.05, 0) is 48.2 Å². The third kappa shape index (κ3) is 4.44. The molecule has 8 heteroatoms. The summed E-state index contributed by atoms with van der Waals surface area (Å²) < 4.78 is 48.8. The third-order valence-corrected chi connectivity index (χ3v) is 9.06. The zero-order valence-electron chi connectivity index (χ0n) is 15.8. The lowest BCUT2D eigenvalue weighted by Gasteiger charge is -2.12. The first-order valence-corrected chi connectivity index (χ1v) is 12.4. The van der Waals surface area contributed by atoms with E-state index in [1.165, 1.54) is 24.3 Å². The Kier molecular flexibility index (Phi) is 5.63. The van der Waals surface area contributed by atoms with Gasteiger partial charge in [-0.25, -0.2) is 16.8 Å². The zero-order chi connectivity index (χ0) is 20.5. The minimum atomic E-state index is -3.81. The number of sulfone groups is 2. The Labute approximate surface area is 165 Å². The Morgan fingerprint density at radius 1 is 1.11 bits per heavy atom. The van der Waals surface area contributed by atoms with Crippen molar-refractivity contribution in [3.05, 3.63) is 59.7 Å². The summed E-state index contributed by atoms with van der Waals surface area (Å²) in [6.07, 6.45) is 0.0866. The smallest absolute Gasteiger partial charge is 0.255 e. The highest BCUT2D eigenvalue weighted by molar-refractivity contribution is 7.96. The number of rotatable bonds is 5. The van der Waals surface area contributed by atoms with Crippen LogP contribution in [0.3, 0.4) is 0 Å². The van der Waals surface area contributed by atoms with Gasteiger partial charge in [0.25, 0.3) is 5.91 Å². The predicted molar refractivity (Wildman–Crippen MR) is 109 cm³/mol. The van der Waals surface area contributed by atoms with E-state index in [4.69, 9.17) is 0 Å². The summed E-state index contributed by atoms with van der Waals surface area (Å²) >= 11 is 0. The number of nitrogens with one attached hydrogen (secondary N) is 1. The molecule has 150 valence electrons. The van der Waals surface area contributed by atoms with Crippen LogP contribution in [0.15, 0.2) is 53.4 Å². The molecule has 0 unspecified atom stereocenters. The summed E-state index contributed by atoms with van der Waals surface area (Å²) in [6.45, 7) is 4.16. The van der Waals surface area contributed by atoms with Crippen molar-refractivity contribution in [3.8, 4) is 0 Å². The molecule has 1 aliphatic rings. The molecule has 28 heavy (non-hydrogen) atoms. The van der Waals surface area contributed by atoms with Crippen molar-refractivity contribution >= 4 is 31.3 Å². The van der Waals surface area contributed by atoms with E-state index in [1.54, 1.807) is 12.1 Å². The molecule has 1 aliphatic heterocycles. The van der Waals surface area contributed by atoms with E-state index in [1.807, 2.05) is 12.1 Å². The van der Waals surface area contributed by atoms with Gasteiger partial charge in [-0.2, -0.15) is 0 Å². The van der Waals surface area contributed by atoms with Crippen molar-refractivity contribution in [1.82, 2.24) is 0 Å². The molecule has 1 heterocycles. The Hall–Kier alpha value is -2.19. The van der Waals surface area contributed by atoms with Gasteiger partial charge in [-0.3, -0.25) is 4.79 Å². The van der Waals surface area contributed by atoms with Gasteiger partial charge < -0.3 is 5.32 Å². The van der Waals surface area contributed by atoms with Crippen molar-refractivity contribution in [2.75, 3.05) is 16.8 Å². The Bertz CT molecular complexity index is 1090.